The minimum absolute atomic E-state index is 0.0176. The SMILES string of the molecule is O=C(Nc1ccc(CO)cc1)c1ccccc1OC(F)F. The maximum absolute atomic E-state index is 12.3. The highest BCUT2D eigenvalue weighted by molar-refractivity contribution is 6.06. The van der Waals surface area contributed by atoms with Crippen LogP contribution in [0.15, 0.2) is 48.5 Å². The second kappa shape index (κ2) is 6.81. The number of hydrogen-bond acceptors (Lipinski definition) is 3. The highest BCUT2D eigenvalue weighted by Gasteiger charge is 2.15. The van der Waals surface area contributed by atoms with Gasteiger partial charge >= 0.3 is 6.61 Å². The number of amides is 1. The molecule has 2 N–H and O–H groups in total. The number of nitrogens with one attached hydrogen (secondary N) is 1. The van der Waals surface area contributed by atoms with Gasteiger partial charge in [0.1, 0.15) is 5.75 Å². The number of alkyl halides is 2. The molecule has 6 heteroatoms. The summed E-state index contributed by atoms with van der Waals surface area (Å²) in [6, 6.07) is 12.3. The number of carbonyl (C=O) groups is 1. The zero-order valence-electron chi connectivity index (χ0n) is 10.9. The lowest BCUT2D eigenvalue weighted by Gasteiger charge is -2.11. The number of hydrogen-bond donors (Lipinski definition) is 2. The van der Waals surface area contributed by atoms with Gasteiger partial charge < -0.3 is 15.2 Å². The Balaban J connectivity index is 2.16. The van der Waals surface area contributed by atoms with Gasteiger partial charge in [-0.1, -0.05) is 24.3 Å². The zero-order valence-corrected chi connectivity index (χ0v) is 10.9. The van der Waals surface area contributed by atoms with E-state index in [2.05, 4.69) is 10.1 Å². The maximum atomic E-state index is 12.3. The number of halogens is 2. The van der Waals surface area contributed by atoms with Crippen LogP contribution < -0.4 is 10.1 Å². The molecule has 0 heterocycles. The lowest BCUT2D eigenvalue weighted by Crippen LogP contribution is -2.14. The van der Waals surface area contributed by atoms with E-state index in [1.54, 1.807) is 30.3 Å². The minimum Gasteiger partial charge on any atom is -0.434 e. The van der Waals surface area contributed by atoms with Gasteiger partial charge in [0.15, 0.2) is 0 Å². The van der Waals surface area contributed by atoms with Crippen LogP contribution in [0.1, 0.15) is 15.9 Å². The molecule has 4 nitrogen and oxygen atoms in total. The lowest BCUT2D eigenvalue weighted by molar-refractivity contribution is -0.0501. The van der Waals surface area contributed by atoms with Crippen LogP contribution in [0.5, 0.6) is 5.75 Å². The molecule has 0 saturated heterocycles. The predicted octanol–water partition coefficient (Wildman–Crippen LogP) is 3.03. The molecule has 2 aromatic carbocycles. The van der Waals surface area contributed by atoms with E-state index in [1.807, 2.05) is 0 Å². The van der Waals surface area contributed by atoms with Gasteiger partial charge in [0.05, 0.1) is 12.2 Å². The molecule has 0 bridgehead atoms. The molecule has 0 aliphatic heterocycles. The number of rotatable bonds is 5. The maximum Gasteiger partial charge on any atom is 0.387 e. The minimum atomic E-state index is -3.00. The van der Waals surface area contributed by atoms with Crippen LogP contribution >= 0.6 is 0 Å². The van der Waals surface area contributed by atoms with Crippen molar-refractivity contribution in [2.75, 3.05) is 5.32 Å². The molecule has 0 spiro atoms. The average Bonchev–Trinajstić information content (AvgIpc) is 2.48. The summed E-state index contributed by atoms with van der Waals surface area (Å²) >= 11 is 0. The number of aliphatic hydroxyl groups is 1. The number of benzene rings is 2. The van der Waals surface area contributed by atoms with Gasteiger partial charge in [-0.15, -0.1) is 0 Å². The first-order valence-corrected chi connectivity index (χ1v) is 6.15. The molecular formula is C15H13F2NO3. The van der Waals surface area contributed by atoms with Crippen molar-refractivity contribution < 1.29 is 23.4 Å². The number of aliphatic hydroxyl groups excluding tert-OH is 1. The number of ether oxygens (including phenoxy) is 1. The lowest BCUT2D eigenvalue weighted by atomic mass is 10.1. The second-order valence-electron chi connectivity index (χ2n) is 4.18. The molecule has 0 unspecified atom stereocenters. The van der Waals surface area contributed by atoms with Gasteiger partial charge in [0.25, 0.3) is 5.91 Å². The highest BCUT2D eigenvalue weighted by Crippen LogP contribution is 2.21. The van der Waals surface area contributed by atoms with E-state index in [0.29, 0.717) is 11.3 Å². The summed E-state index contributed by atoms with van der Waals surface area (Å²) in [7, 11) is 0. The Morgan fingerprint density at radius 2 is 1.81 bits per heavy atom. The number of carbonyl (C=O) groups excluding carboxylic acids is 1. The van der Waals surface area contributed by atoms with Crippen molar-refractivity contribution in [2.45, 2.75) is 13.2 Å². The summed E-state index contributed by atoms with van der Waals surface area (Å²) in [6.07, 6.45) is 0. The average molecular weight is 293 g/mol. The second-order valence-corrected chi connectivity index (χ2v) is 4.18. The van der Waals surface area contributed by atoms with Gasteiger partial charge in [0.2, 0.25) is 0 Å². The fourth-order valence-electron chi connectivity index (χ4n) is 1.74. The third kappa shape index (κ3) is 4.00. The normalized spacial score (nSPS) is 10.5. The molecule has 0 aromatic heterocycles. The molecule has 0 aliphatic carbocycles. The highest BCUT2D eigenvalue weighted by atomic mass is 19.3. The quantitative estimate of drug-likeness (QED) is 0.891. The topological polar surface area (TPSA) is 58.6 Å². The smallest absolute Gasteiger partial charge is 0.387 e. The standard InChI is InChI=1S/C15H13F2NO3/c16-15(17)21-13-4-2-1-3-12(13)14(20)18-11-7-5-10(9-19)6-8-11/h1-8,15,19H,9H2,(H,18,20). The zero-order chi connectivity index (χ0) is 15.2. The summed E-state index contributed by atoms with van der Waals surface area (Å²) < 4.78 is 28.9. The molecular weight excluding hydrogens is 280 g/mol. The van der Waals surface area contributed by atoms with Crippen LogP contribution in [0.2, 0.25) is 0 Å². The summed E-state index contributed by atoms with van der Waals surface area (Å²) in [6.45, 7) is -3.10. The molecule has 110 valence electrons. The fourth-order valence-corrected chi connectivity index (χ4v) is 1.74. The molecule has 21 heavy (non-hydrogen) atoms. The van der Waals surface area contributed by atoms with Gasteiger partial charge in [-0.05, 0) is 29.8 Å². The third-order valence-corrected chi connectivity index (χ3v) is 2.74. The van der Waals surface area contributed by atoms with E-state index >= 15 is 0 Å². The molecule has 0 aliphatic rings. The van der Waals surface area contributed by atoms with E-state index in [1.165, 1.54) is 18.2 Å². The largest absolute Gasteiger partial charge is 0.434 e. The van der Waals surface area contributed by atoms with E-state index in [9.17, 15) is 13.6 Å². The Kier molecular flexibility index (Phi) is 4.84. The van der Waals surface area contributed by atoms with Crippen LogP contribution in [0.4, 0.5) is 14.5 Å². The van der Waals surface area contributed by atoms with Crippen LogP contribution in [0.25, 0.3) is 0 Å². The van der Waals surface area contributed by atoms with Gasteiger partial charge in [-0.25, -0.2) is 0 Å². The molecule has 0 saturated carbocycles. The van der Waals surface area contributed by atoms with Gasteiger partial charge in [0, 0.05) is 5.69 Å². The predicted molar refractivity (Wildman–Crippen MR) is 73.4 cm³/mol. The van der Waals surface area contributed by atoms with Gasteiger partial charge in [-0.3, -0.25) is 4.79 Å². The Morgan fingerprint density at radius 3 is 2.43 bits per heavy atom. The van der Waals surface area contributed by atoms with Crippen molar-refractivity contribution in [3.05, 3.63) is 59.7 Å². The Bertz CT molecular complexity index is 615. The summed E-state index contributed by atoms with van der Waals surface area (Å²) in [5, 5.41) is 11.5. The summed E-state index contributed by atoms with van der Waals surface area (Å²) in [5.74, 6) is -0.736. The van der Waals surface area contributed by atoms with Crippen molar-refractivity contribution in [1.29, 1.82) is 0 Å². The first-order valence-electron chi connectivity index (χ1n) is 6.15. The van der Waals surface area contributed by atoms with Crippen LogP contribution in [0.3, 0.4) is 0 Å². The van der Waals surface area contributed by atoms with E-state index < -0.39 is 12.5 Å². The van der Waals surface area contributed by atoms with Crippen molar-refractivity contribution >= 4 is 11.6 Å². The van der Waals surface area contributed by atoms with Crippen molar-refractivity contribution in [3.63, 3.8) is 0 Å². The Labute approximate surface area is 120 Å². The van der Waals surface area contributed by atoms with E-state index in [-0.39, 0.29) is 17.9 Å². The first-order chi connectivity index (χ1) is 10.1. The van der Waals surface area contributed by atoms with Crippen LogP contribution in [-0.4, -0.2) is 17.6 Å². The van der Waals surface area contributed by atoms with E-state index in [4.69, 9.17) is 5.11 Å². The van der Waals surface area contributed by atoms with Crippen molar-refractivity contribution in [3.8, 4) is 5.75 Å². The van der Waals surface area contributed by atoms with Crippen molar-refractivity contribution in [2.24, 2.45) is 0 Å². The van der Waals surface area contributed by atoms with E-state index in [0.717, 1.165) is 0 Å². The molecule has 0 atom stereocenters. The Morgan fingerprint density at radius 1 is 1.14 bits per heavy atom. The number of para-hydroxylation sites is 1. The Hall–Kier alpha value is -2.47. The molecule has 2 aromatic rings. The summed E-state index contributed by atoms with van der Waals surface area (Å²) in [4.78, 5) is 12.1. The fraction of sp³-hybridized carbons (Fsp3) is 0.133. The van der Waals surface area contributed by atoms with Crippen molar-refractivity contribution in [1.82, 2.24) is 0 Å². The molecule has 0 radical (unpaired) electrons. The first kappa shape index (κ1) is 14.9. The molecule has 2 rings (SSSR count). The monoisotopic (exact) mass is 293 g/mol. The molecule has 0 fully saturated rings. The summed E-state index contributed by atoms with van der Waals surface area (Å²) in [5.41, 5.74) is 1.21. The molecule has 1 amide bonds. The van der Waals surface area contributed by atoms with Gasteiger partial charge in [-0.2, -0.15) is 8.78 Å². The third-order valence-electron chi connectivity index (χ3n) is 2.74. The van der Waals surface area contributed by atoms with Crippen LogP contribution in [0, 0.1) is 0 Å². The van der Waals surface area contributed by atoms with Crippen LogP contribution in [-0.2, 0) is 6.61 Å². The number of anilines is 1.